The Labute approximate surface area is 236 Å². The number of ether oxygens (including phenoxy) is 1. The van der Waals surface area contributed by atoms with E-state index in [-0.39, 0.29) is 11.7 Å². The molecule has 4 heterocycles. The zero-order chi connectivity index (χ0) is 28.3. The lowest BCUT2D eigenvalue weighted by atomic mass is 9.95. The van der Waals surface area contributed by atoms with Gasteiger partial charge in [0, 0.05) is 37.3 Å². The van der Waals surface area contributed by atoms with E-state index in [1.807, 2.05) is 6.07 Å². The maximum Gasteiger partial charge on any atom is 0.301 e. The van der Waals surface area contributed by atoms with Crippen molar-refractivity contribution in [3.8, 4) is 5.75 Å². The minimum atomic E-state index is -3.10. The van der Waals surface area contributed by atoms with Crippen LogP contribution in [0.3, 0.4) is 0 Å². The summed E-state index contributed by atoms with van der Waals surface area (Å²) in [5, 5.41) is 7.25. The Morgan fingerprint density at radius 3 is 2.75 bits per heavy atom. The average molecular weight is 574 g/mol. The number of rotatable bonds is 5. The number of nitrogens with one attached hydrogen (secondary N) is 2. The summed E-state index contributed by atoms with van der Waals surface area (Å²) >= 11 is 6.51. The molecule has 214 valence electrons. The van der Waals surface area contributed by atoms with Gasteiger partial charge in [-0.25, -0.2) is 13.8 Å². The van der Waals surface area contributed by atoms with E-state index in [9.17, 15) is 13.6 Å². The molecule has 1 aromatic carbocycles. The number of nitrogens with zero attached hydrogens (tertiary/aromatic N) is 5. The number of hydrogen-bond donors (Lipinski definition) is 2. The second-order valence-corrected chi connectivity index (χ2v) is 12.1. The van der Waals surface area contributed by atoms with Crippen LogP contribution in [0.1, 0.15) is 26.2 Å². The molecule has 3 aromatic rings. The maximum absolute atomic E-state index is 15.0. The van der Waals surface area contributed by atoms with Gasteiger partial charge in [0.2, 0.25) is 11.7 Å². The molecular formula is C28H34ClF2N7O2. The number of likely N-dealkylation sites (N-methyl/N-ethyl adjacent to an activating group) is 1. The molecule has 2 N–H and O–H groups in total. The SMILES string of the molecule is C[C@@H]1C[C@H](N(C)C)CN(c2ncc(Cl)c(Nc3ccc4c(c3)c3c(c(=O)n4C)OCC(F)(F)[C@H](C4CC4)N3)n2)C1. The van der Waals surface area contributed by atoms with Crippen LogP contribution in [-0.4, -0.2) is 71.2 Å². The second-order valence-electron chi connectivity index (χ2n) is 11.7. The zero-order valence-corrected chi connectivity index (χ0v) is 23.8. The summed E-state index contributed by atoms with van der Waals surface area (Å²) in [6, 6.07) is 4.68. The van der Waals surface area contributed by atoms with Gasteiger partial charge in [0.25, 0.3) is 5.56 Å². The maximum atomic E-state index is 15.0. The Morgan fingerprint density at radius 1 is 1.25 bits per heavy atom. The van der Waals surface area contributed by atoms with Gasteiger partial charge >= 0.3 is 5.92 Å². The number of anilines is 4. The van der Waals surface area contributed by atoms with Gasteiger partial charge in [0.05, 0.1) is 23.4 Å². The van der Waals surface area contributed by atoms with Crippen molar-refractivity contribution < 1.29 is 13.5 Å². The first kappa shape index (κ1) is 27.0. The Hall–Kier alpha value is -3.18. The summed E-state index contributed by atoms with van der Waals surface area (Å²) in [5.74, 6) is -1.84. The highest BCUT2D eigenvalue weighted by molar-refractivity contribution is 6.33. The van der Waals surface area contributed by atoms with Crippen LogP contribution < -0.4 is 25.8 Å². The fourth-order valence-electron chi connectivity index (χ4n) is 5.88. The number of piperidine rings is 1. The summed E-state index contributed by atoms with van der Waals surface area (Å²) in [6.45, 7) is 3.05. The van der Waals surface area contributed by atoms with E-state index in [4.69, 9.17) is 21.3 Å². The van der Waals surface area contributed by atoms with Gasteiger partial charge in [-0.1, -0.05) is 18.5 Å². The van der Waals surface area contributed by atoms with Crippen molar-refractivity contribution in [2.75, 3.05) is 49.3 Å². The van der Waals surface area contributed by atoms with Crippen LogP contribution in [0.15, 0.2) is 29.2 Å². The van der Waals surface area contributed by atoms with Crippen molar-refractivity contribution in [2.24, 2.45) is 18.9 Å². The van der Waals surface area contributed by atoms with E-state index in [0.717, 1.165) is 32.4 Å². The lowest BCUT2D eigenvalue weighted by Crippen LogP contribution is -2.48. The van der Waals surface area contributed by atoms with Crippen LogP contribution in [-0.2, 0) is 7.05 Å². The van der Waals surface area contributed by atoms with Gasteiger partial charge in [0.15, 0.2) is 12.4 Å². The van der Waals surface area contributed by atoms with Gasteiger partial charge in [-0.2, -0.15) is 4.98 Å². The molecule has 0 unspecified atom stereocenters. The summed E-state index contributed by atoms with van der Waals surface area (Å²) in [4.78, 5) is 26.7. The molecule has 2 fully saturated rings. The Kier molecular flexibility index (Phi) is 6.77. The first-order chi connectivity index (χ1) is 19.0. The van der Waals surface area contributed by atoms with Crippen LogP contribution in [0.25, 0.3) is 10.9 Å². The number of fused-ring (bicyclic) bond motifs is 3. The van der Waals surface area contributed by atoms with Gasteiger partial charge in [-0.15, -0.1) is 0 Å². The molecule has 3 atom stereocenters. The molecule has 0 radical (unpaired) electrons. The minimum absolute atomic E-state index is 0.0907. The monoisotopic (exact) mass is 573 g/mol. The Balaban J connectivity index is 1.36. The van der Waals surface area contributed by atoms with Gasteiger partial charge in [-0.3, -0.25) is 4.79 Å². The van der Waals surface area contributed by atoms with Crippen LogP contribution in [0, 0.1) is 11.8 Å². The van der Waals surface area contributed by atoms with Crippen molar-refractivity contribution in [1.29, 1.82) is 0 Å². The molecule has 0 amide bonds. The van der Waals surface area contributed by atoms with E-state index in [0.29, 0.717) is 51.0 Å². The lowest BCUT2D eigenvalue weighted by molar-refractivity contribution is -0.0579. The van der Waals surface area contributed by atoms with Gasteiger partial charge in [-0.05, 0) is 63.4 Å². The third kappa shape index (κ3) is 4.94. The standard InChI is InChI=1S/C28H34ClF2N7O2/c1-15-9-18(36(2)3)13-38(12-15)27-32-11-20(29)25(35-27)33-17-7-8-21-19(10-17)22-23(26(39)37(21)4)40-14-28(30,31)24(34-22)16-5-6-16/h7-8,10-11,15-16,18,24,34H,5-6,9,12-14H2,1-4H3,(H,32,33,35)/t15-,18+,24+/m1/s1. The largest absolute Gasteiger partial charge is 0.480 e. The van der Waals surface area contributed by atoms with E-state index in [1.165, 1.54) is 4.57 Å². The van der Waals surface area contributed by atoms with E-state index in [2.05, 4.69) is 46.4 Å². The topological polar surface area (TPSA) is 87.5 Å². The van der Waals surface area contributed by atoms with Gasteiger partial charge in [0.1, 0.15) is 5.02 Å². The fourth-order valence-corrected chi connectivity index (χ4v) is 6.02. The Morgan fingerprint density at radius 2 is 2.02 bits per heavy atom. The highest BCUT2D eigenvalue weighted by Gasteiger charge is 2.51. The summed E-state index contributed by atoms with van der Waals surface area (Å²) in [5.41, 5.74) is 1.07. The second kappa shape index (κ2) is 10.0. The van der Waals surface area contributed by atoms with Crippen LogP contribution in [0.2, 0.25) is 5.02 Å². The molecular weight excluding hydrogens is 540 g/mol. The van der Waals surface area contributed by atoms with Crippen molar-refractivity contribution in [3.05, 3.63) is 39.8 Å². The number of aromatic nitrogens is 3. The molecule has 0 spiro atoms. The molecule has 1 saturated heterocycles. The molecule has 6 rings (SSSR count). The van der Waals surface area contributed by atoms with Crippen molar-refractivity contribution in [1.82, 2.24) is 19.4 Å². The predicted octanol–water partition coefficient (Wildman–Crippen LogP) is 4.72. The zero-order valence-electron chi connectivity index (χ0n) is 23.0. The van der Waals surface area contributed by atoms with Crippen LogP contribution in [0.5, 0.6) is 5.75 Å². The van der Waals surface area contributed by atoms with Crippen LogP contribution in [0.4, 0.5) is 31.9 Å². The number of pyridine rings is 1. The predicted molar refractivity (Wildman–Crippen MR) is 154 cm³/mol. The summed E-state index contributed by atoms with van der Waals surface area (Å²) < 4.78 is 36.8. The smallest absolute Gasteiger partial charge is 0.301 e. The minimum Gasteiger partial charge on any atom is -0.480 e. The lowest BCUT2D eigenvalue weighted by Gasteiger charge is -2.39. The third-order valence-electron chi connectivity index (χ3n) is 8.26. The van der Waals surface area contributed by atoms with Crippen molar-refractivity contribution in [3.63, 3.8) is 0 Å². The molecule has 12 heteroatoms. The van der Waals surface area contributed by atoms with E-state index < -0.39 is 24.1 Å². The van der Waals surface area contributed by atoms with Crippen molar-refractivity contribution in [2.45, 2.75) is 44.2 Å². The summed E-state index contributed by atoms with van der Waals surface area (Å²) in [7, 11) is 5.78. The molecule has 1 saturated carbocycles. The number of halogens is 3. The van der Waals surface area contributed by atoms with Crippen molar-refractivity contribution >= 4 is 45.6 Å². The first-order valence-corrected chi connectivity index (χ1v) is 14.0. The first-order valence-electron chi connectivity index (χ1n) is 13.7. The quantitative estimate of drug-likeness (QED) is 0.453. The van der Waals surface area contributed by atoms with Crippen LogP contribution >= 0.6 is 11.6 Å². The van der Waals surface area contributed by atoms with E-state index >= 15 is 0 Å². The fraction of sp³-hybridized carbons (Fsp3) is 0.536. The number of aryl methyl sites for hydroxylation is 1. The molecule has 0 bridgehead atoms. The molecule has 40 heavy (non-hydrogen) atoms. The highest BCUT2D eigenvalue weighted by atomic mass is 35.5. The van der Waals surface area contributed by atoms with Gasteiger partial charge < -0.3 is 29.7 Å². The Bertz CT molecular complexity index is 1510. The number of benzene rings is 1. The highest BCUT2D eigenvalue weighted by Crippen LogP contribution is 2.45. The molecule has 9 nitrogen and oxygen atoms in total. The molecule has 3 aliphatic rings. The third-order valence-corrected chi connectivity index (χ3v) is 8.53. The molecule has 2 aromatic heterocycles. The normalized spacial score (nSPS) is 24.3. The number of alkyl halides is 2. The average Bonchev–Trinajstić information content (AvgIpc) is 3.75. The van der Waals surface area contributed by atoms with E-state index in [1.54, 1.807) is 25.4 Å². The number of hydrogen-bond acceptors (Lipinski definition) is 8. The molecule has 2 aliphatic heterocycles. The summed E-state index contributed by atoms with van der Waals surface area (Å²) in [6.07, 6.45) is 4.14. The molecule has 1 aliphatic carbocycles.